The van der Waals surface area contributed by atoms with Gasteiger partial charge in [-0.1, -0.05) is 23.2 Å². The highest BCUT2D eigenvalue weighted by atomic mass is 35.5. The van der Waals surface area contributed by atoms with E-state index in [2.05, 4.69) is 39.6 Å². The van der Waals surface area contributed by atoms with Gasteiger partial charge in [-0.05, 0) is 63.5 Å². The molecular formula is C30H34Cl2N6O3. The average molecular weight is 598 g/mol. The first-order chi connectivity index (χ1) is 19.7. The van der Waals surface area contributed by atoms with Crippen LogP contribution in [0, 0.1) is 0 Å². The molecule has 0 bridgehead atoms. The molecule has 1 amide bonds. The van der Waals surface area contributed by atoms with E-state index in [1.54, 1.807) is 12.3 Å². The molecule has 1 fully saturated rings. The summed E-state index contributed by atoms with van der Waals surface area (Å²) in [6, 6.07) is 10.1. The van der Waals surface area contributed by atoms with Crippen molar-refractivity contribution in [2.75, 3.05) is 37.5 Å². The predicted octanol–water partition coefficient (Wildman–Crippen LogP) is 5.97. The zero-order valence-electron chi connectivity index (χ0n) is 23.8. The Labute approximate surface area is 249 Å². The first-order valence-electron chi connectivity index (χ1n) is 13.5. The summed E-state index contributed by atoms with van der Waals surface area (Å²) in [7, 11) is 3.07. The van der Waals surface area contributed by atoms with E-state index in [-0.39, 0.29) is 5.91 Å². The van der Waals surface area contributed by atoms with Gasteiger partial charge in [0.05, 0.1) is 35.5 Å². The van der Waals surface area contributed by atoms with Crippen LogP contribution >= 0.6 is 23.2 Å². The highest BCUT2D eigenvalue weighted by Crippen LogP contribution is 2.45. The van der Waals surface area contributed by atoms with Crippen molar-refractivity contribution < 1.29 is 14.3 Å². The zero-order valence-corrected chi connectivity index (χ0v) is 25.3. The largest absolute Gasteiger partial charge is 0.495 e. The summed E-state index contributed by atoms with van der Waals surface area (Å²) in [5, 5.41) is 14.6. The highest BCUT2D eigenvalue weighted by Gasteiger charge is 2.25. The molecular weight excluding hydrogens is 563 g/mol. The topological polar surface area (TPSA) is 104 Å². The highest BCUT2D eigenvalue weighted by molar-refractivity contribution is 6.39. The van der Waals surface area contributed by atoms with E-state index >= 15 is 0 Å². The molecule has 2 atom stereocenters. The van der Waals surface area contributed by atoms with Gasteiger partial charge in [0, 0.05) is 60.0 Å². The molecule has 216 valence electrons. The van der Waals surface area contributed by atoms with Crippen LogP contribution in [0.4, 0.5) is 11.5 Å². The second kappa shape index (κ2) is 12.1. The van der Waals surface area contributed by atoms with Crippen molar-refractivity contribution in [3.8, 4) is 11.5 Å². The molecule has 2 aliphatic heterocycles. The number of anilines is 2. The summed E-state index contributed by atoms with van der Waals surface area (Å²) in [4.78, 5) is 20.3. The summed E-state index contributed by atoms with van der Waals surface area (Å²) in [5.41, 5.74) is 5.35. The number of fused-ring (bicyclic) bond motifs is 1. The Hall–Kier alpha value is -3.53. The monoisotopic (exact) mass is 596 g/mol. The number of rotatable bonds is 6. The molecule has 0 unspecified atom stereocenters. The summed E-state index contributed by atoms with van der Waals surface area (Å²) < 4.78 is 10.9. The van der Waals surface area contributed by atoms with E-state index in [0.29, 0.717) is 74.7 Å². The van der Waals surface area contributed by atoms with Crippen molar-refractivity contribution in [1.82, 2.24) is 15.5 Å². The van der Waals surface area contributed by atoms with E-state index in [1.807, 2.05) is 31.2 Å². The Balaban J connectivity index is 1.39. The number of methoxy groups -OCH3 is 2. The predicted molar refractivity (Wildman–Crippen MR) is 165 cm³/mol. The molecule has 0 saturated carbocycles. The van der Waals surface area contributed by atoms with Crippen LogP contribution in [0.5, 0.6) is 11.5 Å². The molecule has 11 heteroatoms. The molecule has 1 saturated heterocycles. The number of nitrogens with one attached hydrogen (secondary N) is 3. The number of aliphatic imine (C=N–C) groups is 1. The number of amides is 1. The van der Waals surface area contributed by atoms with Crippen LogP contribution in [0.3, 0.4) is 0 Å². The maximum atomic E-state index is 13.2. The van der Waals surface area contributed by atoms with Crippen LogP contribution in [-0.4, -0.2) is 61.7 Å². The lowest BCUT2D eigenvalue weighted by molar-refractivity contribution is 0.102. The molecule has 0 aliphatic carbocycles. The lowest BCUT2D eigenvalue weighted by Crippen LogP contribution is -2.54. The van der Waals surface area contributed by atoms with Gasteiger partial charge < -0.3 is 25.0 Å². The Morgan fingerprint density at radius 1 is 1.02 bits per heavy atom. The number of aromatic amines is 1. The van der Waals surface area contributed by atoms with Crippen molar-refractivity contribution >= 4 is 52.5 Å². The second-order valence-corrected chi connectivity index (χ2v) is 11.3. The molecule has 2 aliphatic rings. The van der Waals surface area contributed by atoms with E-state index in [1.165, 1.54) is 14.2 Å². The number of carbonyl (C=O) groups excluding carboxylic acids is 1. The normalized spacial score (nSPS) is 21.5. The number of halogens is 2. The fraction of sp³-hybridized carbons (Fsp3) is 0.367. The summed E-state index contributed by atoms with van der Waals surface area (Å²) >= 11 is 13.4. The maximum Gasteiger partial charge on any atom is 0.256 e. The van der Waals surface area contributed by atoms with Crippen molar-refractivity contribution in [3.05, 3.63) is 68.3 Å². The summed E-state index contributed by atoms with van der Waals surface area (Å²) in [5.74, 6) is 1.02. The van der Waals surface area contributed by atoms with Crippen LogP contribution in [0.15, 0.2) is 40.9 Å². The van der Waals surface area contributed by atoms with Gasteiger partial charge >= 0.3 is 0 Å². The molecule has 3 N–H and O–H groups in total. The SMILES string of the molecule is COc1cc(OC)c(Cl)c(C2=C(/C)CCc3[nH]nc(NC(=O)c4ccc(N5C[C@@H](C)N[C@@H](C)C5)cc4)c3/C=N\2)c1Cl. The molecule has 3 heterocycles. The molecule has 2 aromatic carbocycles. The van der Waals surface area contributed by atoms with Gasteiger partial charge in [0.1, 0.15) is 11.5 Å². The van der Waals surface area contributed by atoms with E-state index in [4.69, 9.17) is 37.7 Å². The van der Waals surface area contributed by atoms with Gasteiger partial charge in [0.15, 0.2) is 5.82 Å². The number of allylic oxidation sites excluding steroid dienone is 1. The smallest absolute Gasteiger partial charge is 0.256 e. The van der Waals surface area contributed by atoms with Crippen molar-refractivity contribution in [2.45, 2.75) is 45.7 Å². The van der Waals surface area contributed by atoms with E-state index < -0.39 is 0 Å². The number of aryl methyl sites for hydroxylation is 1. The molecule has 41 heavy (non-hydrogen) atoms. The van der Waals surface area contributed by atoms with Crippen LogP contribution in [0.1, 0.15) is 54.4 Å². The number of aromatic nitrogens is 2. The van der Waals surface area contributed by atoms with Gasteiger partial charge in [0.2, 0.25) is 0 Å². The third-order valence-corrected chi connectivity index (χ3v) is 8.20. The number of piperazine rings is 1. The molecule has 5 rings (SSSR count). The lowest BCUT2D eigenvalue weighted by atomic mass is 9.99. The minimum Gasteiger partial charge on any atom is -0.495 e. The van der Waals surface area contributed by atoms with Gasteiger partial charge in [-0.2, -0.15) is 5.10 Å². The second-order valence-electron chi connectivity index (χ2n) is 10.5. The number of hydrogen-bond acceptors (Lipinski definition) is 7. The third-order valence-electron chi connectivity index (χ3n) is 7.45. The third kappa shape index (κ3) is 5.93. The summed E-state index contributed by atoms with van der Waals surface area (Å²) in [6.07, 6.45) is 3.01. The maximum absolute atomic E-state index is 13.2. The number of hydrogen-bond donors (Lipinski definition) is 3. The Bertz CT molecular complexity index is 1480. The van der Waals surface area contributed by atoms with Crippen molar-refractivity contribution in [2.24, 2.45) is 4.99 Å². The fourth-order valence-electron chi connectivity index (χ4n) is 5.39. The van der Waals surface area contributed by atoms with E-state index in [9.17, 15) is 4.79 Å². The lowest BCUT2D eigenvalue weighted by Gasteiger charge is -2.37. The van der Waals surface area contributed by atoms with Crippen LogP contribution in [0.2, 0.25) is 10.0 Å². The average Bonchev–Trinajstić information content (AvgIpc) is 3.32. The van der Waals surface area contributed by atoms with Crippen molar-refractivity contribution in [3.63, 3.8) is 0 Å². The molecule has 3 aromatic rings. The minimum absolute atomic E-state index is 0.251. The molecule has 9 nitrogen and oxygen atoms in total. The Kier molecular flexibility index (Phi) is 8.58. The number of nitrogens with zero attached hydrogens (tertiary/aromatic N) is 3. The van der Waals surface area contributed by atoms with Gasteiger partial charge in [-0.15, -0.1) is 0 Å². The fourth-order valence-corrected chi connectivity index (χ4v) is 6.07. The number of carbonyl (C=O) groups is 1. The minimum atomic E-state index is -0.251. The Morgan fingerprint density at radius 2 is 1.66 bits per heavy atom. The zero-order chi connectivity index (χ0) is 29.3. The van der Waals surface area contributed by atoms with Crippen LogP contribution < -0.4 is 25.0 Å². The van der Waals surface area contributed by atoms with Crippen LogP contribution in [-0.2, 0) is 6.42 Å². The van der Waals surface area contributed by atoms with Gasteiger partial charge in [-0.3, -0.25) is 14.9 Å². The first kappa shape index (κ1) is 29.0. The Morgan fingerprint density at radius 3 is 2.27 bits per heavy atom. The molecule has 0 spiro atoms. The van der Waals surface area contributed by atoms with Crippen LogP contribution in [0.25, 0.3) is 5.70 Å². The molecule has 0 radical (unpaired) electrons. The quantitative estimate of drug-likeness (QED) is 0.324. The summed E-state index contributed by atoms with van der Waals surface area (Å²) in [6.45, 7) is 8.19. The van der Waals surface area contributed by atoms with Crippen molar-refractivity contribution in [1.29, 1.82) is 0 Å². The van der Waals surface area contributed by atoms with Gasteiger partial charge in [-0.25, -0.2) is 0 Å². The molecule has 1 aromatic heterocycles. The standard InChI is InChI=1S/C30H34Cl2N6O3/c1-16-6-11-22-21(13-33-28(16)25-26(31)23(40-4)12-24(41-5)27(25)32)29(37-36-22)35-30(39)19-7-9-20(10-8-19)38-14-17(2)34-18(3)15-38/h7-10,12-13,17-18,34H,6,11,14-15H2,1-5H3,(H2,35,36,37,39)/b28-16+,33-13-/t17-,18+. The van der Waals surface area contributed by atoms with E-state index in [0.717, 1.165) is 30.0 Å². The number of H-pyrrole nitrogens is 1. The number of benzene rings is 2. The number of ether oxygens (including phenoxy) is 2. The first-order valence-corrected chi connectivity index (χ1v) is 14.3. The van der Waals surface area contributed by atoms with Gasteiger partial charge in [0.25, 0.3) is 5.91 Å².